The summed E-state index contributed by atoms with van der Waals surface area (Å²) in [7, 11) is 0. The fraction of sp³-hybridized carbons (Fsp3) is 0.438. The third-order valence-corrected chi connectivity index (χ3v) is 5.15. The van der Waals surface area contributed by atoms with Gasteiger partial charge in [-0.3, -0.25) is 4.79 Å². The Kier molecular flexibility index (Phi) is 3.87. The number of piperidine rings is 1. The Morgan fingerprint density at radius 3 is 3.13 bits per heavy atom. The van der Waals surface area contributed by atoms with Crippen LogP contribution in [0, 0.1) is 0 Å². The lowest BCUT2D eigenvalue weighted by Crippen LogP contribution is -2.39. The summed E-state index contributed by atoms with van der Waals surface area (Å²) in [6.07, 6.45) is 5.34. The number of rotatable bonds is 2. The standard InChI is InChI=1S/C16H17N3O3S/c20-16(15-14-13(9-23-15)21-6-7-22-14)19-5-1-2-11(8-19)12-3-4-17-10-18-12/h3-4,9-11H,1-2,5-8H2/t11-/m1/s1. The van der Waals surface area contributed by atoms with Gasteiger partial charge in [0.25, 0.3) is 5.91 Å². The number of hydrogen-bond donors (Lipinski definition) is 0. The van der Waals surface area contributed by atoms with E-state index in [0.29, 0.717) is 36.1 Å². The van der Waals surface area contributed by atoms with Crippen LogP contribution < -0.4 is 9.47 Å². The summed E-state index contributed by atoms with van der Waals surface area (Å²) in [5, 5.41) is 1.85. The summed E-state index contributed by atoms with van der Waals surface area (Å²) >= 11 is 1.40. The summed E-state index contributed by atoms with van der Waals surface area (Å²) < 4.78 is 11.2. The molecule has 4 heterocycles. The first kappa shape index (κ1) is 14.4. The Balaban J connectivity index is 1.53. The monoisotopic (exact) mass is 331 g/mol. The minimum absolute atomic E-state index is 0.0282. The Bertz CT molecular complexity index is 704. The van der Waals surface area contributed by atoms with Gasteiger partial charge in [0.2, 0.25) is 0 Å². The van der Waals surface area contributed by atoms with Crippen LogP contribution in [-0.2, 0) is 0 Å². The van der Waals surface area contributed by atoms with E-state index in [1.807, 2.05) is 16.3 Å². The first-order valence-corrected chi connectivity index (χ1v) is 8.63. The second-order valence-corrected chi connectivity index (χ2v) is 6.56. The van der Waals surface area contributed by atoms with Gasteiger partial charge in [-0.2, -0.15) is 0 Å². The highest BCUT2D eigenvalue weighted by Gasteiger charge is 2.31. The Morgan fingerprint density at radius 1 is 1.35 bits per heavy atom. The minimum atomic E-state index is 0.0282. The zero-order chi connectivity index (χ0) is 15.6. The number of carbonyl (C=O) groups excluding carboxylic acids is 1. The lowest BCUT2D eigenvalue weighted by Gasteiger charge is -2.32. The van der Waals surface area contributed by atoms with Crippen LogP contribution in [0.15, 0.2) is 24.0 Å². The third-order valence-electron chi connectivity index (χ3n) is 4.23. The summed E-state index contributed by atoms with van der Waals surface area (Å²) in [5.74, 6) is 1.59. The van der Waals surface area contributed by atoms with Crippen molar-refractivity contribution in [3.8, 4) is 11.5 Å². The van der Waals surface area contributed by atoms with Gasteiger partial charge in [0, 0.05) is 36.3 Å². The van der Waals surface area contributed by atoms with Crippen molar-refractivity contribution in [1.29, 1.82) is 0 Å². The van der Waals surface area contributed by atoms with E-state index in [4.69, 9.17) is 9.47 Å². The number of nitrogens with zero attached hydrogens (tertiary/aromatic N) is 3. The fourth-order valence-corrected chi connectivity index (χ4v) is 4.00. The van der Waals surface area contributed by atoms with Crippen molar-refractivity contribution in [2.24, 2.45) is 0 Å². The van der Waals surface area contributed by atoms with Crippen LogP contribution in [0.3, 0.4) is 0 Å². The van der Waals surface area contributed by atoms with Crippen molar-refractivity contribution in [3.05, 3.63) is 34.5 Å². The highest BCUT2D eigenvalue weighted by atomic mass is 32.1. The molecule has 2 aromatic heterocycles. The number of carbonyl (C=O) groups is 1. The highest BCUT2D eigenvalue weighted by molar-refractivity contribution is 7.12. The third kappa shape index (κ3) is 2.76. The van der Waals surface area contributed by atoms with Crippen LogP contribution in [0.1, 0.15) is 34.1 Å². The molecule has 4 rings (SSSR count). The van der Waals surface area contributed by atoms with E-state index >= 15 is 0 Å². The molecule has 0 aliphatic carbocycles. The Morgan fingerprint density at radius 2 is 2.26 bits per heavy atom. The van der Waals surface area contributed by atoms with Crippen molar-refractivity contribution in [3.63, 3.8) is 0 Å². The topological polar surface area (TPSA) is 64.6 Å². The Hall–Kier alpha value is -2.15. The molecule has 23 heavy (non-hydrogen) atoms. The first-order chi connectivity index (χ1) is 11.3. The van der Waals surface area contributed by atoms with Gasteiger partial charge in [-0.25, -0.2) is 9.97 Å². The summed E-state index contributed by atoms with van der Waals surface area (Å²) in [5.41, 5.74) is 1.00. The zero-order valence-corrected chi connectivity index (χ0v) is 13.4. The van der Waals surface area contributed by atoms with Crippen molar-refractivity contribution in [2.75, 3.05) is 26.3 Å². The molecular formula is C16H17N3O3S. The van der Waals surface area contributed by atoms with Crippen LogP contribution >= 0.6 is 11.3 Å². The van der Waals surface area contributed by atoms with Crippen LogP contribution in [0.4, 0.5) is 0 Å². The van der Waals surface area contributed by atoms with E-state index in [0.717, 1.165) is 25.1 Å². The molecule has 0 N–H and O–H groups in total. The normalized spacial score (nSPS) is 20.3. The maximum absolute atomic E-state index is 12.9. The van der Waals surface area contributed by atoms with Gasteiger partial charge in [-0.15, -0.1) is 11.3 Å². The second-order valence-electron chi connectivity index (χ2n) is 5.68. The minimum Gasteiger partial charge on any atom is -0.485 e. The molecule has 2 aliphatic heterocycles. The van der Waals surface area contributed by atoms with E-state index in [1.165, 1.54) is 11.3 Å². The lowest BCUT2D eigenvalue weighted by molar-refractivity contribution is 0.0702. The van der Waals surface area contributed by atoms with Gasteiger partial charge in [0.05, 0.1) is 0 Å². The Labute approximate surface area is 138 Å². The molecule has 0 saturated carbocycles. The fourth-order valence-electron chi connectivity index (χ4n) is 3.10. The van der Waals surface area contributed by atoms with Gasteiger partial charge in [0.1, 0.15) is 24.4 Å². The number of aromatic nitrogens is 2. The van der Waals surface area contributed by atoms with Crippen molar-refractivity contribution < 1.29 is 14.3 Å². The quantitative estimate of drug-likeness (QED) is 0.845. The van der Waals surface area contributed by atoms with E-state index in [-0.39, 0.29) is 11.8 Å². The molecule has 0 radical (unpaired) electrons. The molecule has 120 valence electrons. The van der Waals surface area contributed by atoms with Gasteiger partial charge in [0.15, 0.2) is 11.5 Å². The maximum atomic E-state index is 12.9. The zero-order valence-electron chi connectivity index (χ0n) is 12.6. The van der Waals surface area contributed by atoms with Gasteiger partial charge in [-0.05, 0) is 18.9 Å². The number of ether oxygens (including phenoxy) is 2. The number of thiophene rings is 1. The van der Waals surface area contributed by atoms with Crippen molar-refractivity contribution in [1.82, 2.24) is 14.9 Å². The lowest BCUT2D eigenvalue weighted by atomic mass is 9.94. The largest absolute Gasteiger partial charge is 0.485 e. The van der Waals surface area contributed by atoms with Crippen LogP contribution in [0.2, 0.25) is 0 Å². The molecule has 1 atom stereocenters. The molecule has 7 heteroatoms. The number of fused-ring (bicyclic) bond motifs is 1. The van der Waals surface area contributed by atoms with Crippen LogP contribution in [-0.4, -0.2) is 47.1 Å². The summed E-state index contributed by atoms with van der Waals surface area (Å²) in [4.78, 5) is 23.7. The van der Waals surface area contributed by atoms with E-state index < -0.39 is 0 Å². The van der Waals surface area contributed by atoms with Crippen molar-refractivity contribution >= 4 is 17.2 Å². The molecular weight excluding hydrogens is 314 g/mol. The molecule has 2 aromatic rings. The molecule has 1 fully saturated rings. The van der Waals surface area contributed by atoms with Gasteiger partial charge in [-0.1, -0.05) is 0 Å². The molecule has 0 aromatic carbocycles. The molecule has 2 aliphatic rings. The van der Waals surface area contributed by atoms with Gasteiger partial charge < -0.3 is 14.4 Å². The predicted octanol–water partition coefficient (Wildman–Crippen LogP) is 2.33. The predicted molar refractivity (Wildman–Crippen MR) is 85.2 cm³/mol. The molecule has 1 saturated heterocycles. The summed E-state index contributed by atoms with van der Waals surface area (Å²) in [6.45, 7) is 2.49. The number of likely N-dealkylation sites (tertiary alicyclic amines) is 1. The smallest absolute Gasteiger partial charge is 0.267 e. The van der Waals surface area contributed by atoms with Crippen LogP contribution in [0.5, 0.6) is 11.5 Å². The van der Waals surface area contributed by atoms with E-state index in [9.17, 15) is 4.79 Å². The number of hydrogen-bond acceptors (Lipinski definition) is 6. The maximum Gasteiger partial charge on any atom is 0.267 e. The molecule has 1 amide bonds. The van der Waals surface area contributed by atoms with Gasteiger partial charge >= 0.3 is 0 Å². The number of amides is 1. The average Bonchev–Trinajstić information content (AvgIpc) is 3.06. The second kappa shape index (κ2) is 6.16. The van der Waals surface area contributed by atoms with Crippen molar-refractivity contribution in [2.45, 2.75) is 18.8 Å². The SMILES string of the molecule is O=C(c1scc2c1OCCO2)N1CCC[C@@H](c2ccncn2)C1. The molecule has 0 bridgehead atoms. The van der Waals surface area contributed by atoms with E-state index in [2.05, 4.69) is 9.97 Å². The van der Waals surface area contributed by atoms with E-state index in [1.54, 1.807) is 12.5 Å². The average molecular weight is 331 g/mol. The molecule has 0 spiro atoms. The first-order valence-electron chi connectivity index (χ1n) is 7.75. The summed E-state index contributed by atoms with van der Waals surface area (Å²) in [6, 6.07) is 1.93. The highest BCUT2D eigenvalue weighted by Crippen LogP contribution is 2.40. The molecule has 0 unspecified atom stereocenters. The van der Waals surface area contributed by atoms with Crippen LogP contribution in [0.25, 0.3) is 0 Å². The molecule has 6 nitrogen and oxygen atoms in total.